The number of hydrogen-bond donors (Lipinski definition) is 2. The minimum atomic E-state index is -0.548. The Morgan fingerprint density at radius 1 is 0.787 bits per heavy atom. The molecule has 0 saturated heterocycles. The Kier molecular flexibility index (Phi) is 12.7. The van der Waals surface area contributed by atoms with Crippen molar-refractivity contribution in [2.75, 3.05) is 11.1 Å². The summed E-state index contributed by atoms with van der Waals surface area (Å²) in [5.41, 5.74) is 12.0. The Bertz CT molecular complexity index is 1550. The molecule has 0 bridgehead atoms. The van der Waals surface area contributed by atoms with Crippen molar-refractivity contribution >= 4 is 68.7 Å². The van der Waals surface area contributed by atoms with Gasteiger partial charge < -0.3 is 19.9 Å². The van der Waals surface area contributed by atoms with Gasteiger partial charge in [0, 0.05) is 37.0 Å². The van der Waals surface area contributed by atoms with Crippen LogP contribution in [0.4, 0.5) is 11.4 Å². The first-order valence-corrected chi connectivity index (χ1v) is 19.5. The molecule has 3 N–H and O–H groups in total. The van der Waals surface area contributed by atoms with Crippen LogP contribution in [0.2, 0.25) is 10.1 Å². The molecule has 1 aliphatic carbocycles. The minimum absolute atomic E-state index is 0.0823. The van der Waals surface area contributed by atoms with Crippen molar-refractivity contribution in [1.29, 1.82) is 0 Å². The van der Waals surface area contributed by atoms with E-state index in [-0.39, 0.29) is 21.6 Å². The van der Waals surface area contributed by atoms with E-state index in [2.05, 4.69) is 125 Å². The summed E-state index contributed by atoms with van der Waals surface area (Å²) in [6.07, 6.45) is 2.45. The maximum absolute atomic E-state index is 13.2. The maximum atomic E-state index is 13.2. The van der Waals surface area contributed by atoms with E-state index in [1.807, 2.05) is 49.4 Å². The summed E-state index contributed by atoms with van der Waals surface area (Å²) in [7, 11) is 0.778. The normalized spacial score (nSPS) is 14.7. The van der Waals surface area contributed by atoms with Crippen LogP contribution in [-0.4, -0.2) is 25.4 Å². The highest BCUT2D eigenvalue weighted by atomic mass is 79.9. The number of nitrogen functional groups attached to an aromatic ring is 1. The first kappa shape index (κ1) is 39.7. The molecule has 1 fully saturated rings. The van der Waals surface area contributed by atoms with E-state index in [1.165, 1.54) is 18.4 Å². The summed E-state index contributed by atoms with van der Waals surface area (Å²) in [6.45, 7) is 25.5. The molecule has 0 heterocycles. The molecule has 47 heavy (non-hydrogen) atoms. The molecule has 0 spiro atoms. The zero-order chi connectivity index (χ0) is 35.6. The number of rotatable bonds is 9. The van der Waals surface area contributed by atoms with Crippen LogP contribution in [0.3, 0.4) is 0 Å². The average molecular weight is 801 g/mol. The third kappa shape index (κ3) is 11.1. The highest BCUT2D eigenvalue weighted by Crippen LogP contribution is 2.48. The lowest BCUT2D eigenvalue weighted by atomic mass is 9.93. The molecule has 3 aromatic rings. The number of benzene rings is 3. The number of amides is 1. The molecular weight excluding hydrogens is 748 g/mol. The van der Waals surface area contributed by atoms with Gasteiger partial charge in [0.2, 0.25) is 19.5 Å². The Morgan fingerprint density at radius 3 is 1.74 bits per heavy atom. The van der Waals surface area contributed by atoms with E-state index in [0.717, 1.165) is 37.0 Å². The lowest BCUT2D eigenvalue weighted by molar-refractivity contribution is 0.102. The fourth-order valence-electron chi connectivity index (χ4n) is 5.04. The van der Waals surface area contributed by atoms with Crippen molar-refractivity contribution in [3.8, 4) is 0 Å². The molecular formula is C38H52Br2N2O3Si2. The molecule has 0 atom stereocenters. The molecule has 0 unspecified atom stereocenters. The highest BCUT2D eigenvalue weighted by molar-refractivity contribution is 9.10. The molecule has 4 radical (unpaired) electrons. The van der Waals surface area contributed by atoms with Crippen LogP contribution in [0.25, 0.3) is 0 Å². The van der Waals surface area contributed by atoms with Gasteiger partial charge >= 0.3 is 0 Å². The fourth-order valence-corrected chi connectivity index (χ4v) is 8.07. The van der Waals surface area contributed by atoms with Crippen LogP contribution in [-0.2, 0) is 25.5 Å². The van der Waals surface area contributed by atoms with E-state index in [4.69, 9.17) is 14.6 Å². The topological polar surface area (TPSA) is 73.6 Å². The van der Waals surface area contributed by atoms with E-state index in [0.29, 0.717) is 30.5 Å². The van der Waals surface area contributed by atoms with Gasteiger partial charge in [-0.15, -0.1) is 0 Å². The summed E-state index contributed by atoms with van der Waals surface area (Å²) in [6, 6.07) is 18.0. The van der Waals surface area contributed by atoms with E-state index < -0.39 is 5.60 Å². The number of nitrogens with two attached hydrogens (primary N) is 1. The van der Waals surface area contributed by atoms with Crippen LogP contribution in [0, 0.1) is 6.92 Å². The first-order valence-electron chi connectivity index (χ1n) is 16.1. The molecule has 3 aromatic carbocycles. The highest BCUT2D eigenvalue weighted by Gasteiger charge is 2.39. The second kappa shape index (κ2) is 15.0. The zero-order valence-corrected chi connectivity index (χ0v) is 35.3. The molecule has 5 nitrogen and oxygen atoms in total. The van der Waals surface area contributed by atoms with Crippen LogP contribution in [0.15, 0.2) is 63.5 Å². The molecule has 4 rings (SSSR count). The van der Waals surface area contributed by atoms with Crippen molar-refractivity contribution < 1.29 is 13.6 Å². The summed E-state index contributed by atoms with van der Waals surface area (Å²) < 4.78 is 14.3. The number of carbonyl (C=O) groups is 1. The molecule has 0 aliphatic heterocycles. The third-order valence-electron chi connectivity index (χ3n) is 7.90. The van der Waals surface area contributed by atoms with Crippen molar-refractivity contribution in [2.45, 2.75) is 123 Å². The Morgan fingerprint density at radius 2 is 1.28 bits per heavy atom. The second-order valence-corrected chi connectivity index (χ2v) is 21.4. The SMILES string of the molecule is CC(C)(C)[Si]OC(C)(C)c1c(N)cccc1Br.Cc1cc(C2(C)CC2)ccc1C(=O)Nc1cccc(Br)c1C(C)(C)O[Si]C(C)(C)C. The predicted octanol–water partition coefficient (Wildman–Crippen LogP) is 11.3. The lowest BCUT2D eigenvalue weighted by Crippen LogP contribution is -2.29. The predicted molar refractivity (Wildman–Crippen MR) is 208 cm³/mol. The largest absolute Gasteiger partial charge is 0.408 e. The number of aryl methyl sites for hydroxylation is 1. The Labute approximate surface area is 305 Å². The third-order valence-corrected chi connectivity index (χ3v) is 11.7. The molecule has 254 valence electrons. The van der Waals surface area contributed by atoms with Crippen LogP contribution >= 0.6 is 31.9 Å². The van der Waals surface area contributed by atoms with Gasteiger partial charge in [-0.05, 0) is 104 Å². The van der Waals surface area contributed by atoms with Gasteiger partial charge in [-0.25, -0.2) is 0 Å². The van der Waals surface area contributed by atoms with Crippen molar-refractivity contribution in [2.24, 2.45) is 0 Å². The van der Waals surface area contributed by atoms with E-state index in [1.54, 1.807) is 0 Å². The average Bonchev–Trinajstić information content (AvgIpc) is 3.68. The van der Waals surface area contributed by atoms with Crippen LogP contribution in [0.1, 0.15) is 122 Å². The molecule has 1 aliphatic rings. The van der Waals surface area contributed by atoms with Gasteiger partial charge in [-0.3, -0.25) is 4.79 Å². The number of anilines is 2. The Balaban J connectivity index is 0.000000300. The van der Waals surface area contributed by atoms with Gasteiger partial charge in [-0.1, -0.05) is 105 Å². The summed E-state index contributed by atoms with van der Waals surface area (Å²) in [5.74, 6) is -0.0894. The maximum Gasteiger partial charge on any atom is 0.255 e. The van der Waals surface area contributed by atoms with Crippen LogP contribution in [0.5, 0.6) is 0 Å². The second-order valence-electron chi connectivity index (χ2n) is 15.8. The van der Waals surface area contributed by atoms with E-state index >= 15 is 0 Å². The van der Waals surface area contributed by atoms with Gasteiger partial charge in [0.1, 0.15) is 0 Å². The first-order chi connectivity index (χ1) is 21.5. The standard InChI is InChI=1S/C25H32BrNO2Si.C13H20BrNOSi/c1-16-15-17(25(7)13-14-25)11-12-18(16)22(28)27-20-10-8-9-19(26)21(20)24(5,6)29-30-23(2,3)4;1-12(2,3)17-16-13(4,5)11-9(14)7-6-8-10(11)15/h8-12,15H,13-14H2,1-7H3,(H,27,28);6-8H,15H2,1-5H3. The molecule has 1 amide bonds. The lowest BCUT2D eigenvalue weighted by Gasteiger charge is -2.32. The van der Waals surface area contributed by atoms with Gasteiger partial charge in [0.15, 0.2) is 0 Å². The summed E-state index contributed by atoms with van der Waals surface area (Å²) >= 11 is 7.22. The van der Waals surface area contributed by atoms with Crippen molar-refractivity contribution in [3.63, 3.8) is 0 Å². The number of carbonyl (C=O) groups excluding carboxylic acids is 1. The molecule has 0 aromatic heterocycles. The zero-order valence-electron chi connectivity index (χ0n) is 30.2. The van der Waals surface area contributed by atoms with Crippen LogP contribution < -0.4 is 11.1 Å². The minimum Gasteiger partial charge on any atom is -0.408 e. The Hall–Kier alpha value is -1.76. The smallest absolute Gasteiger partial charge is 0.255 e. The monoisotopic (exact) mass is 798 g/mol. The number of hydrogen-bond acceptors (Lipinski definition) is 4. The van der Waals surface area contributed by atoms with Crippen molar-refractivity contribution in [3.05, 3.63) is 91.4 Å². The summed E-state index contributed by atoms with van der Waals surface area (Å²) in [5, 5.41) is 3.40. The number of nitrogens with one attached hydrogen (secondary N) is 1. The molecule has 9 heteroatoms. The molecule has 1 saturated carbocycles. The van der Waals surface area contributed by atoms with Gasteiger partial charge in [-0.2, -0.15) is 0 Å². The van der Waals surface area contributed by atoms with Gasteiger partial charge in [0.25, 0.3) is 5.91 Å². The van der Waals surface area contributed by atoms with E-state index in [9.17, 15) is 4.79 Å². The summed E-state index contributed by atoms with van der Waals surface area (Å²) in [4.78, 5) is 13.2. The number of halogens is 2. The fraction of sp³-hybridized carbons (Fsp3) is 0.500. The quantitative estimate of drug-likeness (QED) is 0.167. The van der Waals surface area contributed by atoms with Gasteiger partial charge in [0.05, 0.1) is 11.2 Å². The van der Waals surface area contributed by atoms with Crippen molar-refractivity contribution in [1.82, 2.24) is 0 Å².